The van der Waals surface area contributed by atoms with E-state index in [2.05, 4.69) is 15.9 Å². The number of hydrogen-bond acceptors (Lipinski definition) is 3. The predicted octanol–water partition coefficient (Wildman–Crippen LogP) is 1.59. The van der Waals surface area contributed by atoms with Crippen molar-refractivity contribution < 1.29 is 13.2 Å². The van der Waals surface area contributed by atoms with E-state index in [4.69, 9.17) is 4.74 Å². The molecule has 0 bridgehead atoms. The van der Waals surface area contributed by atoms with Crippen LogP contribution < -0.4 is 0 Å². The van der Waals surface area contributed by atoms with Crippen molar-refractivity contribution in [1.82, 2.24) is 8.61 Å². The van der Waals surface area contributed by atoms with Crippen LogP contribution in [0.5, 0.6) is 0 Å². The van der Waals surface area contributed by atoms with Crippen LogP contribution in [0.25, 0.3) is 0 Å². The molecule has 0 N–H and O–H groups in total. The van der Waals surface area contributed by atoms with Gasteiger partial charge in [0.2, 0.25) is 0 Å². The summed E-state index contributed by atoms with van der Waals surface area (Å²) in [6.07, 6.45) is 2.98. The van der Waals surface area contributed by atoms with Crippen molar-refractivity contribution in [3.05, 3.63) is 0 Å². The Hall–Kier alpha value is 0.310. The molecule has 0 spiro atoms. The summed E-state index contributed by atoms with van der Waals surface area (Å²) in [5.74, 6) is 0. The van der Waals surface area contributed by atoms with Gasteiger partial charge in [-0.2, -0.15) is 17.0 Å². The van der Waals surface area contributed by atoms with Crippen molar-refractivity contribution in [1.29, 1.82) is 0 Å². The highest BCUT2D eigenvalue weighted by atomic mass is 79.9. The number of piperidine rings is 1. The normalized spacial score (nSPS) is 30.4. The Kier molecular flexibility index (Phi) is 4.93. The molecule has 2 saturated heterocycles. The molecule has 112 valence electrons. The number of morpholine rings is 1. The van der Waals surface area contributed by atoms with E-state index in [9.17, 15) is 8.42 Å². The maximum Gasteiger partial charge on any atom is 0.282 e. The molecule has 2 fully saturated rings. The molecular weight excluding hydrogens is 332 g/mol. The zero-order valence-corrected chi connectivity index (χ0v) is 14.0. The number of ether oxygens (including phenoxy) is 1. The van der Waals surface area contributed by atoms with E-state index in [1.54, 1.807) is 8.61 Å². The Morgan fingerprint density at radius 1 is 1.21 bits per heavy atom. The first-order valence-corrected chi connectivity index (χ1v) is 9.36. The lowest BCUT2D eigenvalue weighted by Gasteiger charge is -2.43. The van der Waals surface area contributed by atoms with Gasteiger partial charge in [0.25, 0.3) is 10.2 Å². The lowest BCUT2D eigenvalue weighted by atomic mass is 10.1. The summed E-state index contributed by atoms with van der Waals surface area (Å²) in [7, 11) is -3.33. The van der Waals surface area contributed by atoms with Crippen molar-refractivity contribution in [2.45, 2.75) is 44.8 Å². The summed E-state index contributed by atoms with van der Waals surface area (Å²) in [6.45, 7) is 6.06. The van der Waals surface area contributed by atoms with Gasteiger partial charge in [-0.05, 0) is 26.7 Å². The second-order valence-corrected chi connectivity index (χ2v) is 8.49. The Bertz CT molecular complexity index is 407. The van der Waals surface area contributed by atoms with Crippen LogP contribution in [0.4, 0.5) is 0 Å². The molecule has 0 radical (unpaired) electrons. The average molecular weight is 355 g/mol. The summed E-state index contributed by atoms with van der Waals surface area (Å²) < 4.78 is 34.4. The quantitative estimate of drug-likeness (QED) is 0.723. The molecule has 2 aliphatic rings. The zero-order valence-electron chi connectivity index (χ0n) is 11.6. The van der Waals surface area contributed by atoms with Crippen LogP contribution in [0, 0.1) is 0 Å². The second-order valence-electron chi connectivity index (χ2n) is 5.91. The van der Waals surface area contributed by atoms with Crippen molar-refractivity contribution in [3.63, 3.8) is 0 Å². The molecule has 0 aromatic carbocycles. The molecule has 1 atom stereocenters. The second kappa shape index (κ2) is 5.97. The molecular formula is C12H23BrN2O3S. The van der Waals surface area contributed by atoms with Crippen LogP contribution in [0.3, 0.4) is 0 Å². The zero-order chi connectivity index (χ0) is 14.1. The van der Waals surface area contributed by atoms with Gasteiger partial charge in [-0.1, -0.05) is 22.4 Å². The molecule has 5 nitrogen and oxygen atoms in total. The molecule has 0 aliphatic carbocycles. The molecule has 0 aromatic heterocycles. The lowest BCUT2D eigenvalue weighted by molar-refractivity contribution is -0.108. The number of halogens is 1. The molecule has 0 amide bonds. The van der Waals surface area contributed by atoms with Gasteiger partial charge in [-0.15, -0.1) is 0 Å². The van der Waals surface area contributed by atoms with Crippen molar-refractivity contribution >= 4 is 26.1 Å². The fourth-order valence-corrected chi connectivity index (χ4v) is 4.97. The van der Waals surface area contributed by atoms with Crippen molar-refractivity contribution in [2.75, 3.05) is 31.5 Å². The summed E-state index contributed by atoms with van der Waals surface area (Å²) in [5, 5.41) is 0.655. The van der Waals surface area contributed by atoms with E-state index in [1.165, 1.54) is 0 Å². The topological polar surface area (TPSA) is 49.9 Å². The maximum atomic E-state index is 12.7. The number of alkyl halides is 1. The van der Waals surface area contributed by atoms with Gasteiger partial charge in [0.15, 0.2) is 0 Å². The third-order valence-electron chi connectivity index (χ3n) is 3.59. The first-order valence-electron chi connectivity index (χ1n) is 6.84. The Morgan fingerprint density at radius 2 is 1.84 bits per heavy atom. The van der Waals surface area contributed by atoms with Gasteiger partial charge in [0, 0.05) is 31.5 Å². The van der Waals surface area contributed by atoms with Crippen LogP contribution in [0.1, 0.15) is 33.1 Å². The number of hydrogen-bond donors (Lipinski definition) is 0. The first-order chi connectivity index (χ1) is 8.85. The number of nitrogens with zero attached hydrogens (tertiary/aromatic N) is 2. The standard InChI is InChI=1S/C12H23BrN2O3S/c1-12(2)10-15(9-11(8-13)18-12)19(16,17)14-6-4-3-5-7-14/h11H,3-10H2,1-2H3. The summed E-state index contributed by atoms with van der Waals surface area (Å²) >= 11 is 3.39. The maximum absolute atomic E-state index is 12.7. The minimum absolute atomic E-state index is 0.0803. The summed E-state index contributed by atoms with van der Waals surface area (Å²) in [5.41, 5.74) is -0.431. The van der Waals surface area contributed by atoms with E-state index >= 15 is 0 Å². The van der Waals surface area contributed by atoms with Gasteiger partial charge < -0.3 is 4.74 Å². The highest BCUT2D eigenvalue weighted by Crippen LogP contribution is 2.26. The third kappa shape index (κ3) is 3.69. The average Bonchev–Trinajstić information content (AvgIpc) is 2.37. The van der Waals surface area contributed by atoms with Gasteiger partial charge >= 0.3 is 0 Å². The van der Waals surface area contributed by atoms with E-state index in [0.717, 1.165) is 19.3 Å². The molecule has 2 aliphatic heterocycles. The molecule has 2 heterocycles. The van der Waals surface area contributed by atoms with Gasteiger partial charge in [-0.25, -0.2) is 0 Å². The van der Waals surface area contributed by atoms with E-state index < -0.39 is 15.8 Å². The molecule has 19 heavy (non-hydrogen) atoms. The largest absolute Gasteiger partial charge is 0.369 e. The van der Waals surface area contributed by atoms with Gasteiger partial charge in [0.1, 0.15) is 0 Å². The van der Waals surface area contributed by atoms with Crippen molar-refractivity contribution in [3.8, 4) is 0 Å². The summed E-state index contributed by atoms with van der Waals surface area (Å²) in [6, 6.07) is 0. The summed E-state index contributed by atoms with van der Waals surface area (Å²) in [4.78, 5) is 0. The Morgan fingerprint density at radius 3 is 2.42 bits per heavy atom. The number of rotatable bonds is 3. The third-order valence-corrected chi connectivity index (χ3v) is 6.26. The van der Waals surface area contributed by atoms with Crippen LogP contribution in [-0.2, 0) is 14.9 Å². The van der Waals surface area contributed by atoms with Crippen LogP contribution in [0.15, 0.2) is 0 Å². The lowest BCUT2D eigenvalue weighted by Crippen LogP contribution is -2.58. The van der Waals surface area contributed by atoms with Crippen LogP contribution >= 0.6 is 15.9 Å². The molecule has 0 saturated carbocycles. The molecule has 0 aromatic rings. The SMILES string of the molecule is CC1(C)CN(S(=O)(=O)N2CCCCC2)CC(CBr)O1. The fourth-order valence-electron chi connectivity index (χ4n) is 2.76. The fraction of sp³-hybridized carbons (Fsp3) is 1.00. The molecule has 1 unspecified atom stereocenters. The van der Waals surface area contributed by atoms with E-state index in [-0.39, 0.29) is 6.10 Å². The Labute approximate surface area is 124 Å². The van der Waals surface area contributed by atoms with Crippen LogP contribution in [0.2, 0.25) is 0 Å². The molecule has 7 heteroatoms. The highest BCUT2D eigenvalue weighted by molar-refractivity contribution is 9.09. The Balaban J connectivity index is 2.14. The first kappa shape index (κ1) is 15.7. The van der Waals surface area contributed by atoms with E-state index in [1.807, 2.05) is 13.8 Å². The van der Waals surface area contributed by atoms with Gasteiger partial charge in [0.05, 0.1) is 11.7 Å². The van der Waals surface area contributed by atoms with Gasteiger partial charge in [-0.3, -0.25) is 0 Å². The van der Waals surface area contributed by atoms with E-state index in [0.29, 0.717) is 31.5 Å². The predicted molar refractivity (Wildman–Crippen MR) is 78.7 cm³/mol. The minimum Gasteiger partial charge on any atom is -0.369 e. The molecule has 2 rings (SSSR count). The highest BCUT2D eigenvalue weighted by Gasteiger charge is 2.40. The van der Waals surface area contributed by atoms with Crippen LogP contribution in [-0.4, -0.2) is 60.2 Å². The monoisotopic (exact) mass is 354 g/mol. The van der Waals surface area contributed by atoms with Crippen molar-refractivity contribution in [2.24, 2.45) is 0 Å². The smallest absolute Gasteiger partial charge is 0.282 e. The minimum atomic E-state index is -3.33.